The molecule has 21 heavy (non-hydrogen) atoms. The Bertz CT molecular complexity index is 444. The first-order valence-corrected chi connectivity index (χ1v) is 7.23. The molecule has 1 aromatic carbocycles. The summed E-state index contributed by atoms with van der Waals surface area (Å²) in [4.78, 5) is 0. The van der Waals surface area contributed by atoms with E-state index >= 15 is 0 Å². The molecule has 0 radical (unpaired) electrons. The van der Waals surface area contributed by atoms with Crippen molar-refractivity contribution in [2.75, 3.05) is 20.8 Å². The van der Waals surface area contributed by atoms with Crippen molar-refractivity contribution < 1.29 is 14.2 Å². The third-order valence-electron chi connectivity index (χ3n) is 3.01. The highest BCUT2D eigenvalue weighted by atomic mass is 16.5. The van der Waals surface area contributed by atoms with Gasteiger partial charge in [0.2, 0.25) is 5.75 Å². The van der Waals surface area contributed by atoms with Gasteiger partial charge in [0.1, 0.15) is 0 Å². The smallest absolute Gasteiger partial charge is 0.203 e. The summed E-state index contributed by atoms with van der Waals surface area (Å²) in [5.74, 6) is 2.03. The minimum atomic E-state index is 0.425. The molecule has 0 heterocycles. The van der Waals surface area contributed by atoms with Gasteiger partial charge in [-0.3, -0.25) is 0 Å². The van der Waals surface area contributed by atoms with E-state index in [2.05, 4.69) is 25.7 Å². The van der Waals surface area contributed by atoms with Gasteiger partial charge in [0.25, 0.3) is 0 Å². The minimum absolute atomic E-state index is 0.425. The summed E-state index contributed by atoms with van der Waals surface area (Å²) in [5.41, 5.74) is 2.19. The van der Waals surface area contributed by atoms with Crippen molar-refractivity contribution in [3.8, 4) is 17.2 Å². The Kier molecular flexibility index (Phi) is 7.09. The fraction of sp³-hybridized carbons (Fsp3) is 0.529. The zero-order valence-electron chi connectivity index (χ0n) is 13.8. The molecule has 1 N–H and O–H groups in total. The van der Waals surface area contributed by atoms with Gasteiger partial charge in [0.15, 0.2) is 11.5 Å². The lowest BCUT2D eigenvalue weighted by Gasteiger charge is -2.17. The summed E-state index contributed by atoms with van der Waals surface area (Å²) in [6, 6.07) is 4.38. The highest BCUT2D eigenvalue weighted by molar-refractivity contribution is 5.53. The summed E-state index contributed by atoms with van der Waals surface area (Å²) >= 11 is 0. The van der Waals surface area contributed by atoms with Crippen LogP contribution < -0.4 is 19.5 Å². The van der Waals surface area contributed by atoms with Crippen LogP contribution in [-0.2, 0) is 6.54 Å². The monoisotopic (exact) mass is 293 g/mol. The molecule has 118 valence electrons. The molecule has 4 nitrogen and oxygen atoms in total. The maximum Gasteiger partial charge on any atom is 0.203 e. The van der Waals surface area contributed by atoms with E-state index in [0.29, 0.717) is 29.9 Å². The number of ether oxygens (including phenoxy) is 3. The first-order valence-electron chi connectivity index (χ1n) is 7.23. The van der Waals surface area contributed by atoms with Crippen molar-refractivity contribution in [3.05, 3.63) is 29.8 Å². The molecule has 1 aromatic rings. The molecule has 0 unspecified atom stereocenters. The van der Waals surface area contributed by atoms with E-state index in [1.54, 1.807) is 14.2 Å². The molecule has 0 spiro atoms. The van der Waals surface area contributed by atoms with E-state index in [0.717, 1.165) is 24.1 Å². The summed E-state index contributed by atoms with van der Waals surface area (Å²) in [6.07, 6.45) is 0.808. The van der Waals surface area contributed by atoms with Crippen LogP contribution in [0.25, 0.3) is 0 Å². The third kappa shape index (κ3) is 5.68. The molecule has 0 atom stereocenters. The lowest BCUT2D eigenvalue weighted by atomic mass is 10.1. The number of rotatable bonds is 9. The van der Waals surface area contributed by atoms with E-state index in [1.165, 1.54) is 0 Å². The molecule has 0 aliphatic heterocycles. The van der Waals surface area contributed by atoms with E-state index in [-0.39, 0.29) is 0 Å². The van der Waals surface area contributed by atoms with Gasteiger partial charge in [-0.25, -0.2) is 0 Å². The largest absolute Gasteiger partial charge is 0.493 e. The summed E-state index contributed by atoms with van der Waals surface area (Å²) < 4.78 is 16.7. The molecular weight excluding hydrogens is 266 g/mol. The molecule has 0 aromatic heterocycles. The van der Waals surface area contributed by atoms with Crippen molar-refractivity contribution in [3.63, 3.8) is 0 Å². The molecular formula is C17H27NO3. The first kappa shape index (κ1) is 17.4. The maximum absolute atomic E-state index is 5.81. The Morgan fingerprint density at radius 3 is 2.19 bits per heavy atom. The van der Waals surface area contributed by atoms with Crippen molar-refractivity contribution >= 4 is 0 Å². The van der Waals surface area contributed by atoms with E-state index < -0.39 is 0 Å². The molecule has 0 saturated carbocycles. The average molecular weight is 293 g/mol. The van der Waals surface area contributed by atoms with Gasteiger partial charge < -0.3 is 19.5 Å². The Morgan fingerprint density at radius 1 is 1.19 bits per heavy atom. The molecule has 0 saturated heterocycles. The van der Waals surface area contributed by atoms with E-state index in [1.807, 2.05) is 19.1 Å². The molecule has 0 aliphatic rings. The first-order chi connectivity index (χ1) is 9.97. The predicted octanol–water partition coefficient (Wildman–Crippen LogP) is 3.55. The Hall–Kier alpha value is -1.68. The maximum atomic E-state index is 5.81. The van der Waals surface area contributed by atoms with Gasteiger partial charge in [-0.1, -0.05) is 19.4 Å². The topological polar surface area (TPSA) is 39.7 Å². The number of benzene rings is 1. The summed E-state index contributed by atoms with van der Waals surface area (Å²) in [6.45, 7) is 11.4. The predicted molar refractivity (Wildman–Crippen MR) is 86.4 cm³/mol. The summed E-state index contributed by atoms with van der Waals surface area (Å²) in [5, 5.41) is 3.38. The van der Waals surface area contributed by atoms with Gasteiger partial charge in [0, 0.05) is 19.0 Å². The SMILES string of the molecule is C=C(C)CCOc1c(OC)cc(CNC(C)C)cc1OC. The van der Waals surface area contributed by atoms with Gasteiger partial charge in [0.05, 0.1) is 20.8 Å². The zero-order valence-corrected chi connectivity index (χ0v) is 13.8. The van der Waals surface area contributed by atoms with Crippen LogP contribution in [0.15, 0.2) is 24.3 Å². The quantitative estimate of drug-likeness (QED) is 0.707. The van der Waals surface area contributed by atoms with Crippen LogP contribution in [0.1, 0.15) is 32.8 Å². The number of nitrogens with one attached hydrogen (secondary N) is 1. The Labute approximate surface area is 128 Å². The second kappa shape index (κ2) is 8.57. The molecule has 0 bridgehead atoms. The Balaban J connectivity index is 2.92. The lowest BCUT2D eigenvalue weighted by Crippen LogP contribution is -2.21. The molecule has 0 fully saturated rings. The fourth-order valence-corrected chi connectivity index (χ4v) is 1.83. The molecule has 0 amide bonds. The third-order valence-corrected chi connectivity index (χ3v) is 3.01. The Morgan fingerprint density at radius 2 is 1.76 bits per heavy atom. The van der Waals surface area contributed by atoms with Crippen LogP contribution in [0.2, 0.25) is 0 Å². The van der Waals surface area contributed by atoms with Crippen LogP contribution in [0.5, 0.6) is 17.2 Å². The highest BCUT2D eigenvalue weighted by Gasteiger charge is 2.14. The van der Waals surface area contributed by atoms with Gasteiger partial charge in [-0.15, -0.1) is 6.58 Å². The lowest BCUT2D eigenvalue weighted by molar-refractivity contribution is 0.277. The van der Waals surface area contributed by atoms with Crippen molar-refractivity contribution in [2.24, 2.45) is 0 Å². The number of hydrogen-bond donors (Lipinski definition) is 1. The van der Waals surface area contributed by atoms with Crippen LogP contribution in [0.4, 0.5) is 0 Å². The average Bonchev–Trinajstić information content (AvgIpc) is 2.44. The minimum Gasteiger partial charge on any atom is -0.493 e. The molecule has 0 aliphatic carbocycles. The van der Waals surface area contributed by atoms with Gasteiger partial charge >= 0.3 is 0 Å². The second-order valence-electron chi connectivity index (χ2n) is 5.42. The van der Waals surface area contributed by atoms with Gasteiger partial charge in [-0.2, -0.15) is 0 Å². The van der Waals surface area contributed by atoms with Crippen LogP contribution >= 0.6 is 0 Å². The molecule has 1 rings (SSSR count). The van der Waals surface area contributed by atoms with Crippen LogP contribution in [0.3, 0.4) is 0 Å². The van der Waals surface area contributed by atoms with Crippen LogP contribution in [0, 0.1) is 0 Å². The molecule has 4 heteroatoms. The highest BCUT2D eigenvalue weighted by Crippen LogP contribution is 2.38. The fourth-order valence-electron chi connectivity index (χ4n) is 1.83. The van der Waals surface area contributed by atoms with Crippen molar-refractivity contribution in [2.45, 2.75) is 39.8 Å². The zero-order chi connectivity index (χ0) is 15.8. The van der Waals surface area contributed by atoms with Crippen molar-refractivity contribution in [1.29, 1.82) is 0 Å². The number of hydrogen-bond acceptors (Lipinski definition) is 4. The second-order valence-corrected chi connectivity index (χ2v) is 5.42. The van der Waals surface area contributed by atoms with Gasteiger partial charge in [-0.05, 0) is 24.6 Å². The standard InChI is InChI=1S/C17H27NO3/c1-12(2)7-8-21-17-15(19-5)9-14(10-16(17)20-6)11-18-13(3)4/h9-10,13,18H,1,7-8,11H2,2-6H3. The van der Waals surface area contributed by atoms with E-state index in [4.69, 9.17) is 14.2 Å². The van der Waals surface area contributed by atoms with Crippen LogP contribution in [-0.4, -0.2) is 26.9 Å². The summed E-state index contributed by atoms with van der Waals surface area (Å²) in [7, 11) is 3.28. The normalized spacial score (nSPS) is 10.6. The van der Waals surface area contributed by atoms with E-state index in [9.17, 15) is 0 Å². The number of methoxy groups -OCH3 is 2. The van der Waals surface area contributed by atoms with Crippen molar-refractivity contribution in [1.82, 2.24) is 5.32 Å².